The predicted molar refractivity (Wildman–Crippen MR) is 61.6 cm³/mol. The first-order valence-electron chi connectivity index (χ1n) is 3.72. The van der Waals surface area contributed by atoms with Gasteiger partial charge in [-0.25, -0.2) is 4.79 Å². The maximum atomic E-state index is 11.4. The van der Waals surface area contributed by atoms with Gasteiger partial charge in [0.15, 0.2) is 0 Å². The van der Waals surface area contributed by atoms with Gasteiger partial charge in [0.1, 0.15) is 22.2 Å². The van der Waals surface area contributed by atoms with Crippen molar-refractivity contribution in [3.05, 3.63) is 10.4 Å². The first kappa shape index (κ1) is 12.1. The van der Waals surface area contributed by atoms with Gasteiger partial charge in [-0.1, -0.05) is 0 Å². The summed E-state index contributed by atoms with van der Waals surface area (Å²) < 4.78 is 8.84. The van der Waals surface area contributed by atoms with E-state index in [0.29, 0.717) is 5.56 Å². The minimum Gasteiger partial charge on any atom is -0.465 e. The Labute approximate surface area is 100 Å². The second kappa shape index (κ2) is 5.21. The molecule has 0 aliphatic carbocycles. The molecule has 0 amide bonds. The summed E-state index contributed by atoms with van der Waals surface area (Å²) in [7, 11) is 1.28. The van der Waals surface area contributed by atoms with Crippen LogP contribution >= 0.6 is 23.1 Å². The molecule has 0 N–H and O–H groups in total. The lowest BCUT2D eigenvalue weighted by Crippen LogP contribution is -1.97. The molecule has 78 valence electrons. The van der Waals surface area contributed by atoms with E-state index < -0.39 is 5.97 Å². The number of thiophene rings is 1. The van der Waals surface area contributed by atoms with Crippen molar-refractivity contribution in [2.75, 3.05) is 13.4 Å². The Bertz CT molecular complexity index is 447. The van der Waals surface area contributed by atoms with Gasteiger partial charge < -0.3 is 4.74 Å². The molecule has 0 unspecified atom stereocenters. The zero-order chi connectivity index (χ0) is 11.4. The lowest BCUT2D eigenvalue weighted by atomic mass is 10.3. The molecule has 1 aromatic rings. The topological polar surface area (TPSA) is 62.5 Å². The summed E-state index contributed by atoms with van der Waals surface area (Å²) in [5.74, 6) is -0.514. The Morgan fingerprint density at radius 3 is 2.80 bits per heavy atom. The average molecular weight is 258 g/mol. The van der Waals surface area contributed by atoms with Crippen molar-refractivity contribution in [2.24, 2.45) is 4.36 Å². The first-order valence-corrected chi connectivity index (χ1v) is 6.12. The average Bonchev–Trinajstić information content (AvgIpc) is 2.65. The molecule has 7 heteroatoms. The fourth-order valence-electron chi connectivity index (χ4n) is 0.963. The number of nitriles is 1. The summed E-state index contributed by atoms with van der Waals surface area (Å²) in [5.41, 5.74) is 0.594. The number of ether oxygens (including phenoxy) is 1. The van der Waals surface area contributed by atoms with Crippen molar-refractivity contribution >= 4 is 47.2 Å². The van der Waals surface area contributed by atoms with E-state index in [-0.39, 0.29) is 10.6 Å². The Balaban J connectivity index is 3.42. The molecule has 1 aromatic heterocycles. The molecule has 0 aliphatic rings. The summed E-state index contributed by atoms with van der Waals surface area (Å²) >= 11 is 7.11. The maximum Gasteiger partial charge on any atom is 0.350 e. The SMILES string of the molecule is COC(=O)c1sc(SC)c(C#N)c1N=S. The van der Waals surface area contributed by atoms with Crippen LogP contribution in [0.25, 0.3) is 0 Å². The fraction of sp³-hybridized carbons (Fsp3) is 0.250. The third-order valence-corrected chi connectivity index (χ3v) is 4.07. The van der Waals surface area contributed by atoms with Crippen molar-refractivity contribution in [1.82, 2.24) is 0 Å². The highest BCUT2D eigenvalue weighted by molar-refractivity contribution is 8.00. The third kappa shape index (κ3) is 2.17. The van der Waals surface area contributed by atoms with Crippen LogP contribution in [-0.4, -0.2) is 19.3 Å². The van der Waals surface area contributed by atoms with Gasteiger partial charge in [0, 0.05) is 12.4 Å². The second-order valence-electron chi connectivity index (χ2n) is 2.34. The number of hydrogen-bond acceptors (Lipinski definition) is 7. The highest BCUT2D eigenvalue weighted by atomic mass is 32.2. The van der Waals surface area contributed by atoms with Gasteiger partial charge in [0.2, 0.25) is 0 Å². The molecule has 0 aromatic carbocycles. The Kier molecular flexibility index (Phi) is 4.20. The molecule has 1 rings (SSSR count). The second-order valence-corrected chi connectivity index (χ2v) is 4.62. The highest BCUT2D eigenvalue weighted by Gasteiger charge is 2.22. The summed E-state index contributed by atoms with van der Waals surface area (Å²) in [6, 6.07) is 1.99. The van der Waals surface area contributed by atoms with Gasteiger partial charge in [0.05, 0.1) is 11.3 Å². The number of nitrogens with zero attached hydrogens (tertiary/aromatic N) is 2. The maximum absolute atomic E-state index is 11.4. The van der Waals surface area contributed by atoms with Crippen LogP contribution in [0.3, 0.4) is 0 Å². The number of methoxy groups -OCH3 is 1. The van der Waals surface area contributed by atoms with Crippen molar-refractivity contribution in [3.8, 4) is 6.07 Å². The van der Waals surface area contributed by atoms with Crippen LogP contribution in [0.15, 0.2) is 8.57 Å². The van der Waals surface area contributed by atoms with Gasteiger partial charge in [-0.05, 0) is 6.26 Å². The lowest BCUT2D eigenvalue weighted by molar-refractivity contribution is 0.0607. The largest absolute Gasteiger partial charge is 0.465 e. The number of carbonyl (C=O) groups excluding carboxylic acids is 1. The van der Waals surface area contributed by atoms with Crippen LogP contribution in [0.5, 0.6) is 0 Å². The van der Waals surface area contributed by atoms with Crippen molar-refractivity contribution < 1.29 is 9.53 Å². The van der Waals surface area contributed by atoms with Crippen molar-refractivity contribution in [3.63, 3.8) is 0 Å². The van der Waals surface area contributed by atoms with Gasteiger partial charge >= 0.3 is 5.97 Å². The normalized spacial score (nSPS) is 9.40. The van der Waals surface area contributed by atoms with E-state index >= 15 is 0 Å². The van der Waals surface area contributed by atoms with Crippen LogP contribution in [0.2, 0.25) is 0 Å². The van der Waals surface area contributed by atoms with E-state index in [1.54, 1.807) is 0 Å². The van der Waals surface area contributed by atoms with E-state index in [1.165, 1.54) is 30.2 Å². The molecule has 0 fully saturated rings. The monoisotopic (exact) mass is 258 g/mol. The molecule has 0 bridgehead atoms. The third-order valence-electron chi connectivity index (χ3n) is 1.61. The molecule has 0 saturated carbocycles. The van der Waals surface area contributed by atoms with Crippen LogP contribution in [0.1, 0.15) is 15.2 Å². The molecule has 15 heavy (non-hydrogen) atoms. The van der Waals surface area contributed by atoms with Crippen molar-refractivity contribution in [2.45, 2.75) is 4.21 Å². The van der Waals surface area contributed by atoms with E-state index in [1.807, 2.05) is 12.3 Å². The molecule has 1 heterocycles. The molecule has 0 radical (unpaired) electrons. The summed E-state index contributed by atoms with van der Waals surface area (Å²) in [4.78, 5) is 11.6. The summed E-state index contributed by atoms with van der Waals surface area (Å²) in [5, 5.41) is 8.91. The van der Waals surface area contributed by atoms with Crippen LogP contribution in [0.4, 0.5) is 5.69 Å². The predicted octanol–water partition coefficient (Wildman–Crippen LogP) is 2.49. The molecule has 0 spiro atoms. The fourth-order valence-corrected chi connectivity index (χ4v) is 2.97. The zero-order valence-corrected chi connectivity index (χ0v) is 10.4. The first-order chi connectivity index (χ1) is 7.19. The molecule has 0 atom stereocenters. The highest BCUT2D eigenvalue weighted by Crippen LogP contribution is 2.40. The van der Waals surface area contributed by atoms with E-state index in [0.717, 1.165) is 4.21 Å². The molecular weight excluding hydrogens is 252 g/mol. The Hall–Kier alpha value is -0.970. The molecular formula is C8H6N2O2S3. The van der Waals surface area contributed by atoms with Gasteiger partial charge in [0.25, 0.3) is 0 Å². The van der Waals surface area contributed by atoms with E-state index in [4.69, 9.17) is 5.26 Å². The minimum atomic E-state index is -0.514. The van der Waals surface area contributed by atoms with Gasteiger partial charge in [-0.2, -0.15) is 9.62 Å². The standard InChI is InChI=1S/C8H6N2O2S3/c1-12-7(11)6-5(10-13)4(3-9)8(14-2)15-6/h1-2H3. The Morgan fingerprint density at radius 1 is 1.73 bits per heavy atom. The van der Waals surface area contributed by atoms with E-state index in [9.17, 15) is 4.79 Å². The van der Waals surface area contributed by atoms with Crippen molar-refractivity contribution in [1.29, 1.82) is 5.26 Å². The van der Waals surface area contributed by atoms with Gasteiger partial charge in [-0.15, -0.1) is 23.1 Å². The number of rotatable bonds is 3. The summed E-state index contributed by atoms with van der Waals surface area (Å²) in [6.45, 7) is 0. The van der Waals surface area contributed by atoms with Crippen LogP contribution in [-0.2, 0) is 17.2 Å². The number of hydrogen-bond donors (Lipinski definition) is 0. The number of thioether (sulfide) groups is 1. The molecule has 4 nitrogen and oxygen atoms in total. The Morgan fingerprint density at radius 2 is 2.40 bits per heavy atom. The number of esters is 1. The van der Waals surface area contributed by atoms with Crippen LogP contribution < -0.4 is 0 Å². The minimum absolute atomic E-state index is 0.244. The van der Waals surface area contributed by atoms with Crippen LogP contribution in [0, 0.1) is 11.3 Å². The van der Waals surface area contributed by atoms with E-state index in [2.05, 4.69) is 21.5 Å². The molecule has 0 saturated heterocycles. The quantitative estimate of drug-likeness (QED) is 0.615. The smallest absolute Gasteiger partial charge is 0.350 e. The summed E-state index contributed by atoms with van der Waals surface area (Å²) in [6.07, 6.45) is 1.82. The zero-order valence-electron chi connectivity index (χ0n) is 7.94. The van der Waals surface area contributed by atoms with Gasteiger partial charge in [-0.3, -0.25) is 0 Å². The molecule has 0 aliphatic heterocycles. The lowest BCUT2D eigenvalue weighted by Gasteiger charge is -1.94. The number of carbonyl (C=O) groups is 1.